The smallest absolute Gasteiger partial charge is 0.471 e. The molecular formula is C27H33F3N2O4. The number of halogens is 3. The van der Waals surface area contributed by atoms with Crippen molar-refractivity contribution < 1.29 is 32.2 Å². The molecule has 6 nitrogen and oxygen atoms in total. The molecule has 2 rings (SSSR count). The van der Waals surface area contributed by atoms with Crippen LogP contribution in [0, 0.1) is 0 Å². The molecule has 0 radical (unpaired) electrons. The van der Waals surface area contributed by atoms with E-state index in [2.05, 4.69) is 6.58 Å². The molecule has 0 fully saturated rings. The number of hydrogen-bond donors (Lipinski definition) is 0. The normalized spacial score (nSPS) is 12.4. The highest BCUT2D eigenvalue weighted by atomic mass is 19.4. The minimum absolute atomic E-state index is 0.0660. The van der Waals surface area contributed by atoms with Crippen LogP contribution in [0.15, 0.2) is 67.3 Å². The highest BCUT2D eigenvalue weighted by molar-refractivity contribution is 5.98. The molecule has 0 spiro atoms. The van der Waals surface area contributed by atoms with E-state index in [-0.39, 0.29) is 25.2 Å². The molecule has 36 heavy (non-hydrogen) atoms. The first kappa shape index (κ1) is 28.7. The average molecular weight is 507 g/mol. The van der Waals surface area contributed by atoms with Crippen LogP contribution in [0.4, 0.5) is 23.7 Å². The maximum atomic E-state index is 13.5. The third-order valence-electron chi connectivity index (χ3n) is 5.21. The van der Waals surface area contributed by atoms with Gasteiger partial charge in [-0.2, -0.15) is 13.2 Å². The number of carbonyl (C=O) groups is 2. The molecule has 2 aromatic rings. The van der Waals surface area contributed by atoms with Crippen LogP contribution in [-0.4, -0.2) is 48.4 Å². The Morgan fingerprint density at radius 1 is 1.03 bits per heavy atom. The van der Waals surface area contributed by atoms with Crippen LogP contribution in [0.5, 0.6) is 5.75 Å². The molecule has 2 aromatic carbocycles. The molecule has 1 atom stereocenters. The molecule has 0 unspecified atom stereocenters. The largest absolute Gasteiger partial charge is 0.497 e. The van der Waals surface area contributed by atoms with Gasteiger partial charge in [0.15, 0.2) is 0 Å². The van der Waals surface area contributed by atoms with E-state index in [1.165, 1.54) is 42.4 Å². The van der Waals surface area contributed by atoms with Crippen LogP contribution >= 0.6 is 0 Å². The lowest BCUT2D eigenvalue weighted by molar-refractivity contribution is -0.170. The molecule has 0 heterocycles. The highest BCUT2D eigenvalue weighted by Crippen LogP contribution is 2.29. The third kappa shape index (κ3) is 8.62. The van der Waals surface area contributed by atoms with Gasteiger partial charge in [-0.25, -0.2) is 4.79 Å². The fourth-order valence-electron chi connectivity index (χ4n) is 3.55. The lowest BCUT2D eigenvalue weighted by Gasteiger charge is -2.32. The summed E-state index contributed by atoms with van der Waals surface area (Å²) < 4.78 is 51.0. The van der Waals surface area contributed by atoms with Crippen molar-refractivity contribution in [3.05, 3.63) is 72.8 Å². The summed E-state index contributed by atoms with van der Waals surface area (Å²) in [6, 6.07) is 14.1. The summed E-state index contributed by atoms with van der Waals surface area (Å²) in [5.74, 6) is -1.55. The number of rotatable bonds is 10. The number of benzene rings is 2. The first-order valence-electron chi connectivity index (χ1n) is 11.5. The Bertz CT molecular complexity index is 1000. The number of anilines is 1. The number of hydrogen-bond acceptors (Lipinski definition) is 4. The van der Waals surface area contributed by atoms with E-state index in [0.29, 0.717) is 17.1 Å². The van der Waals surface area contributed by atoms with Gasteiger partial charge in [0.25, 0.3) is 0 Å². The Kier molecular flexibility index (Phi) is 9.95. The molecule has 196 valence electrons. The number of carbonyl (C=O) groups excluding carboxylic acids is 2. The Morgan fingerprint density at radius 3 is 2.14 bits per heavy atom. The van der Waals surface area contributed by atoms with E-state index in [9.17, 15) is 22.8 Å². The zero-order chi connectivity index (χ0) is 26.9. The topological polar surface area (TPSA) is 59.1 Å². The molecular weight excluding hydrogens is 473 g/mol. The second-order valence-electron chi connectivity index (χ2n) is 9.20. The van der Waals surface area contributed by atoms with Crippen molar-refractivity contribution in [3.63, 3.8) is 0 Å². The van der Waals surface area contributed by atoms with Crippen molar-refractivity contribution in [2.75, 3.05) is 18.6 Å². The standard InChI is InChI=1S/C27H33F3N2O4/c1-6-21(32(24(33)27(28,29)30)22-14-16-23(35-5)17-15-22)13-10-18-31(25(34)36-26(2,3)4)19-20-11-8-7-9-12-20/h6-9,11-12,14-17,21H,1,10,13,18-19H2,2-5H3/t21-/m1/s1. The van der Waals surface area contributed by atoms with Crippen molar-refractivity contribution >= 4 is 17.7 Å². The van der Waals surface area contributed by atoms with E-state index < -0.39 is 29.8 Å². The minimum atomic E-state index is -5.07. The van der Waals surface area contributed by atoms with Crippen LogP contribution < -0.4 is 9.64 Å². The molecule has 0 aliphatic carbocycles. The van der Waals surface area contributed by atoms with E-state index in [4.69, 9.17) is 9.47 Å². The Hall–Kier alpha value is -3.49. The number of amides is 2. The molecule has 9 heteroatoms. The fraction of sp³-hybridized carbons (Fsp3) is 0.407. The van der Waals surface area contributed by atoms with Crippen molar-refractivity contribution in [2.24, 2.45) is 0 Å². The molecule has 0 saturated carbocycles. The van der Waals surface area contributed by atoms with Crippen LogP contribution in [-0.2, 0) is 16.1 Å². The maximum absolute atomic E-state index is 13.5. The summed E-state index contributed by atoms with van der Waals surface area (Å²) in [6.07, 6.45) is -3.84. The van der Waals surface area contributed by atoms with Gasteiger partial charge in [0.1, 0.15) is 11.4 Å². The second-order valence-corrected chi connectivity index (χ2v) is 9.20. The Balaban J connectivity index is 2.22. The summed E-state index contributed by atoms with van der Waals surface area (Å²) in [4.78, 5) is 27.4. The quantitative estimate of drug-likeness (QED) is 0.352. The number of ether oxygens (including phenoxy) is 2. The lowest BCUT2D eigenvalue weighted by atomic mass is 10.1. The molecule has 0 bridgehead atoms. The number of nitrogens with zero attached hydrogens (tertiary/aromatic N) is 2. The summed E-state index contributed by atoms with van der Waals surface area (Å²) in [6.45, 7) is 9.43. The summed E-state index contributed by atoms with van der Waals surface area (Å²) in [5, 5.41) is 0. The Morgan fingerprint density at radius 2 is 1.64 bits per heavy atom. The molecule has 0 aliphatic rings. The minimum Gasteiger partial charge on any atom is -0.497 e. The molecule has 0 aliphatic heterocycles. The van der Waals surface area contributed by atoms with Crippen LogP contribution in [0.2, 0.25) is 0 Å². The summed E-state index contributed by atoms with van der Waals surface area (Å²) in [5.41, 5.74) is 0.243. The van der Waals surface area contributed by atoms with Gasteiger partial charge in [0, 0.05) is 18.8 Å². The Labute approximate surface area is 210 Å². The van der Waals surface area contributed by atoms with E-state index >= 15 is 0 Å². The first-order valence-corrected chi connectivity index (χ1v) is 11.5. The average Bonchev–Trinajstić information content (AvgIpc) is 2.81. The van der Waals surface area contributed by atoms with Crippen LogP contribution in [0.25, 0.3) is 0 Å². The zero-order valence-electron chi connectivity index (χ0n) is 21.0. The van der Waals surface area contributed by atoms with Gasteiger partial charge in [-0.05, 0) is 63.4 Å². The van der Waals surface area contributed by atoms with Gasteiger partial charge in [-0.3, -0.25) is 9.69 Å². The highest BCUT2D eigenvalue weighted by Gasteiger charge is 2.44. The van der Waals surface area contributed by atoms with Gasteiger partial charge < -0.3 is 14.4 Å². The van der Waals surface area contributed by atoms with Crippen LogP contribution in [0.1, 0.15) is 39.2 Å². The number of alkyl halides is 3. The monoisotopic (exact) mass is 506 g/mol. The van der Waals surface area contributed by atoms with Gasteiger partial charge in [0.2, 0.25) is 0 Å². The summed E-state index contributed by atoms with van der Waals surface area (Å²) >= 11 is 0. The van der Waals surface area contributed by atoms with Crippen molar-refractivity contribution in [2.45, 2.75) is 58.0 Å². The van der Waals surface area contributed by atoms with Crippen LogP contribution in [0.3, 0.4) is 0 Å². The molecule has 0 aromatic heterocycles. The lowest BCUT2D eigenvalue weighted by Crippen LogP contribution is -2.47. The van der Waals surface area contributed by atoms with E-state index in [1.807, 2.05) is 30.3 Å². The molecule has 2 amide bonds. The maximum Gasteiger partial charge on any atom is 0.471 e. The van der Waals surface area contributed by atoms with Gasteiger partial charge >= 0.3 is 18.2 Å². The van der Waals surface area contributed by atoms with Crippen molar-refractivity contribution in [1.82, 2.24) is 4.90 Å². The van der Waals surface area contributed by atoms with E-state index in [1.54, 1.807) is 20.8 Å². The van der Waals surface area contributed by atoms with Gasteiger partial charge in [-0.1, -0.05) is 36.4 Å². The van der Waals surface area contributed by atoms with Crippen molar-refractivity contribution in [1.29, 1.82) is 0 Å². The third-order valence-corrected chi connectivity index (χ3v) is 5.21. The fourth-order valence-corrected chi connectivity index (χ4v) is 3.55. The molecule has 0 saturated heterocycles. The van der Waals surface area contributed by atoms with E-state index in [0.717, 1.165) is 5.56 Å². The summed E-state index contributed by atoms with van der Waals surface area (Å²) in [7, 11) is 1.44. The second kappa shape index (κ2) is 12.5. The molecule has 0 N–H and O–H groups in total. The number of methoxy groups -OCH3 is 1. The van der Waals surface area contributed by atoms with Gasteiger partial charge in [0.05, 0.1) is 13.2 Å². The predicted octanol–water partition coefficient (Wildman–Crippen LogP) is 6.36. The zero-order valence-corrected chi connectivity index (χ0v) is 21.0. The SMILES string of the molecule is C=C[C@H](CCCN(Cc1ccccc1)C(=O)OC(C)(C)C)N(C(=O)C(F)(F)F)c1ccc(OC)cc1. The van der Waals surface area contributed by atoms with Crippen molar-refractivity contribution in [3.8, 4) is 5.75 Å². The predicted molar refractivity (Wildman–Crippen MR) is 133 cm³/mol. The van der Waals surface area contributed by atoms with Gasteiger partial charge in [-0.15, -0.1) is 6.58 Å². The first-order chi connectivity index (χ1) is 16.9.